The van der Waals surface area contributed by atoms with Crippen molar-refractivity contribution >= 4 is 11.6 Å². The summed E-state index contributed by atoms with van der Waals surface area (Å²) in [6, 6.07) is 14.7. The van der Waals surface area contributed by atoms with Crippen LogP contribution in [0.15, 0.2) is 48.5 Å². The molecule has 0 aromatic heterocycles. The van der Waals surface area contributed by atoms with Gasteiger partial charge in [-0.05, 0) is 49.2 Å². The number of nitrogens with zero attached hydrogens (tertiary/aromatic N) is 2. The Hall–Kier alpha value is -2.44. The third kappa shape index (κ3) is 4.35. The predicted octanol–water partition coefficient (Wildman–Crippen LogP) is 2.94. The zero-order valence-electron chi connectivity index (χ0n) is 17.6. The van der Waals surface area contributed by atoms with Crippen molar-refractivity contribution in [3.8, 4) is 0 Å². The maximum atomic E-state index is 13.9. The molecule has 2 heterocycles. The highest BCUT2D eigenvalue weighted by Gasteiger charge is 2.41. The third-order valence-electron chi connectivity index (χ3n) is 6.43. The van der Waals surface area contributed by atoms with E-state index in [0.29, 0.717) is 32.6 Å². The second-order valence-electron chi connectivity index (χ2n) is 8.31. The molecule has 0 atom stereocenters. The molecule has 0 aliphatic carbocycles. The van der Waals surface area contributed by atoms with Gasteiger partial charge in [-0.2, -0.15) is 0 Å². The molecule has 5 nitrogen and oxygen atoms in total. The Bertz CT molecular complexity index is 874. The highest BCUT2D eigenvalue weighted by atomic mass is 19.1. The standard InChI is InChI=1S/C24H30FN3O2/c1-27-11-13-28(14-12-27)22-8-3-2-5-19(22)18-26-23(29)24(9-15-30-16-10-24)20-6-4-7-21(25)17-20/h2-8,17H,9-16,18H2,1H3,(H,26,29). The van der Waals surface area contributed by atoms with Gasteiger partial charge in [-0.1, -0.05) is 30.3 Å². The zero-order valence-corrected chi connectivity index (χ0v) is 17.6. The van der Waals surface area contributed by atoms with Crippen molar-refractivity contribution in [1.82, 2.24) is 10.2 Å². The molecule has 2 aliphatic rings. The fourth-order valence-electron chi connectivity index (χ4n) is 4.51. The first kappa shape index (κ1) is 20.8. The molecule has 0 bridgehead atoms. The predicted molar refractivity (Wildman–Crippen MR) is 116 cm³/mol. The number of carbonyl (C=O) groups excluding carboxylic acids is 1. The van der Waals surface area contributed by atoms with Crippen molar-refractivity contribution in [2.75, 3.05) is 51.3 Å². The molecular formula is C24H30FN3O2. The first-order valence-electron chi connectivity index (χ1n) is 10.7. The molecule has 6 heteroatoms. The smallest absolute Gasteiger partial charge is 0.231 e. The molecule has 2 aromatic rings. The minimum Gasteiger partial charge on any atom is -0.381 e. The molecule has 2 aliphatic heterocycles. The minimum atomic E-state index is -0.747. The Morgan fingerprint density at radius 3 is 2.53 bits per heavy atom. The number of carbonyl (C=O) groups is 1. The first-order valence-corrected chi connectivity index (χ1v) is 10.7. The van der Waals surface area contributed by atoms with Crippen molar-refractivity contribution in [2.45, 2.75) is 24.8 Å². The van der Waals surface area contributed by atoms with Gasteiger partial charge < -0.3 is 19.9 Å². The van der Waals surface area contributed by atoms with E-state index >= 15 is 0 Å². The van der Waals surface area contributed by atoms with Gasteiger partial charge in [0.15, 0.2) is 0 Å². The van der Waals surface area contributed by atoms with Gasteiger partial charge >= 0.3 is 0 Å². The summed E-state index contributed by atoms with van der Waals surface area (Å²) in [4.78, 5) is 18.1. The average molecular weight is 412 g/mol. The van der Waals surface area contributed by atoms with Crippen molar-refractivity contribution in [3.63, 3.8) is 0 Å². The van der Waals surface area contributed by atoms with Crippen LogP contribution in [0.5, 0.6) is 0 Å². The van der Waals surface area contributed by atoms with Crippen LogP contribution in [-0.4, -0.2) is 57.2 Å². The van der Waals surface area contributed by atoms with E-state index in [1.165, 1.54) is 17.8 Å². The lowest BCUT2D eigenvalue weighted by Gasteiger charge is -2.37. The molecule has 1 N–H and O–H groups in total. The van der Waals surface area contributed by atoms with Crippen molar-refractivity contribution < 1.29 is 13.9 Å². The van der Waals surface area contributed by atoms with E-state index in [2.05, 4.69) is 34.3 Å². The van der Waals surface area contributed by atoms with E-state index in [1.54, 1.807) is 6.07 Å². The van der Waals surface area contributed by atoms with Gasteiger partial charge in [0.25, 0.3) is 0 Å². The molecule has 0 spiro atoms. The Labute approximate surface area is 177 Å². The van der Waals surface area contributed by atoms with Gasteiger partial charge in [0, 0.05) is 51.6 Å². The molecule has 2 aromatic carbocycles. The van der Waals surface area contributed by atoms with E-state index < -0.39 is 5.41 Å². The topological polar surface area (TPSA) is 44.8 Å². The molecule has 2 fully saturated rings. The number of rotatable bonds is 5. The number of para-hydroxylation sites is 1. The Morgan fingerprint density at radius 1 is 1.07 bits per heavy atom. The largest absolute Gasteiger partial charge is 0.381 e. The third-order valence-corrected chi connectivity index (χ3v) is 6.43. The summed E-state index contributed by atoms with van der Waals surface area (Å²) in [6.45, 7) is 5.48. The van der Waals surface area contributed by atoms with E-state index in [4.69, 9.17) is 4.74 Å². The van der Waals surface area contributed by atoms with Crippen molar-refractivity contribution in [3.05, 3.63) is 65.5 Å². The number of benzene rings is 2. The van der Waals surface area contributed by atoms with E-state index in [1.807, 2.05) is 18.2 Å². The number of halogens is 1. The number of piperazine rings is 1. The van der Waals surface area contributed by atoms with Crippen molar-refractivity contribution in [2.24, 2.45) is 0 Å². The molecule has 160 valence electrons. The van der Waals surface area contributed by atoms with Crippen LogP contribution in [-0.2, 0) is 21.5 Å². The van der Waals surface area contributed by atoms with Gasteiger partial charge in [0.1, 0.15) is 5.82 Å². The maximum absolute atomic E-state index is 13.9. The Kier molecular flexibility index (Phi) is 6.35. The summed E-state index contributed by atoms with van der Waals surface area (Å²) in [5.74, 6) is -0.365. The zero-order chi connectivity index (χ0) is 21.0. The van der Waals surface area contributed by atoms with Gasteiger partial charge in [-0.3, -0.25) is 4.79 Å². The summed E-state index contributed by atoms with van der Waals surface area (Å²) >= 11 is 0. The number of ether oxygens (including phenoxy) is 1. The first-order chi connectivity index (χ1) is 14.6. The second kappa shape index (κ2) is 9.14. The fraction of sp³-hybridized carbons (Fsp3) is 0.458. The lowest BCUT2D eigenvalue weighted by Crippen LogP contribution is -2.48. The summed E-state index contributed by atoms with van der Waals surface area (Å²) in [5, 5.41) is 3.16. The van der Waals surface area contributed by atoms with Crippen LogP contribution in [0.1, 0.15) is 24.0 Å². The van der Waals surface area contributed by atoms with Crippen LogP contribution in [0.3, 0.4) is 0 Å². The Balaban J connectivity index is 1.52. The van der Waals surface area contributed by atoms with Crippen molar-refractivity contribution in [1.29, 1.82) is 0 Å². The molecule has 4 rings (SSSR count). The van der Waals surface area contributed by atoms with Gasteiger partial charge in [-0.25, -0.2) is 4.39 Å². The van der Waals surface area contributed by atoms with Crippen LogP contribution in [0, 0.1) is 5.82 Å². The van der Waals surface area contributed by atoms with Crippen LogP contribution >= 0.6 is 0 Å². The summed E-state index contributed by atoms with van der Waals surface area (Å²) in [7, 11) is 2.14. The quantitative estimate of drug-likeness (QED) is 0.822. The van der Waals surface area contributed by atoms with E-state index in [9.17, 15) is 9.18 Å². The van der Waals surface area contributed by atoms with Gasteiger partial charge in [0.2, 0.25) is 5.91 Å². The number of nitrogens with one attached hydrogen (secondary N) is 1. The normalized spacial score (nSPS) is 19.5. The highest BCUT2D eigenvalue weighted by molar-refractivity contribution is 5.88. The van der Waals surface area contributed by atoms with Crippen LogP contribution in [0.4, 0.5) is 10.1 Å². The summed E-state index contributed by atoms with van der Waals surface area (Å²) in [5.41, 5.74) is 2.27. The van der Waals surface area contributed by atoms with E-state index in [0.717, 1.165) is 37.3 Å². The van der Waals surface area contributed by atoms with Crippen LogP contribution < -0.4 is 10.2 Å². The maximum Gasteiger partial charge on any atom is 0.231 e. The number of hydrogen-bond donors (Lipinski definition) is 1. The van der Waals surface area contributed by atoms with Crippen LogP contribution in [0.2, 0.25) is 0 Å². The SMILES string of the molecule is CN1CCN(c2ccccc2CNC(=O)C2(c3cccc(F)c3)CCOCC2)CC1. The lowest BCUT2D eigenvalue weighted by atomic mass is 9.73. The number of likely N-dealkylation sites (N-methyl/N-ethyl adjacent to an activating group) is 1. The van der Waals surface area contributed by atoms with E-state index in [-0.39, 0.29) is 11.7 Å². The molecule has 2 saturated heterocycles. The summed E-state index contributed by atoms with van der Waals surface area (Å²) in [6.07, 6.45) is 1.12. The number of amides is 1. The Morgan fingerprint density at radius 2 is 1.80 bits per heavy atom. The number of hydrogen-bond acceptors (Lipinski definition) is 4. The lowest BCUT2D eigenvalue weighted by molar-refractivity contribution is -0.130. The minimum absolute atomic E-state index is 0.0513. The molecule has 0 radical (unpaired) electrons. The molecule has 0 saturated carbocycles. The molecule has 1 amide bonds. The molecular weight excluding hydrogens is 381 g/mol. The van der Waals surface area contributed by atoms with Gasteiger partial charge in [0.05, 0.1) is 5.41 Å². The van der Waals surface area contributed by atoms with Gasteiger partial charge in [-0.15, -0.1) is 0 Å². The van der Waals surface area contributed by atoms with Crippen LogP contribution in [0.25, 0.3) is 0 Å². The monoisotopic (exact) mass is 411 g/mol. The number of anilines is 1. The summed E-state index contributed by atoms with van der Waals surface area (Å²) < 4.78 is 19.4. The average Bonchev–Trinajstić information content (AvgIpc) is 2.79. The molecule has 0 unspecified atom stereocenters. The second-order valence-corrected chi connectivity index (χ2v) is 8.31. The highest BCUT2D eigenvalue weighted by Crippen LogP contribution is 2.35. The molecule has 30 heavy (non-hydrogen) atoms. The fourth-order valence-corrected chi connectivity index (χ4v) is 4.51.